The van der Waals surface area contributed by atoms with Gasteiger partial charge in [-0.2, -0.15) is 0 Å². The molecule has 2 rings (SSSR count). The first-order valence-electron chi connectivity index (χ1n) is 8.63. The third-order valence-electron chi connectivity index (χ3n) is 3.87. The van der Waals surface area contributed by atoms with Crippen molar-refractivity contribution in [1.82, 2.24) is 4.90 Å². The molecule has 0 aliphatic rings. The van der Waals surface area contributed by atoms with Crippen molar-refractivity contribution in [3.63, 3.8) is 0 Å². The maximum absolute atomic E-state index is 13.2. The van der Waals surface area contributed by atoms with E-state index < -0.39 is 5.82 Å². The molecule has 8 heteroatoms. The van der Waals surface area contributed by atoms with Crippen molar-refractivity contribution < 1.29 is 23.6 Å². The topological polar surface area (TPSA) is 63.1 Å². The number of amides is 2. The number of likely N-dealkylation sites (N-methyl/N-ethyl adjacent to an activating group) is 1. The highest BCUT2D eigenvalue weighted by molar-refractivity contribution is 7.09. The molecule has 27 heavy (non-hydrogen) atoms. The first-order chi connectivity index (χ1) is 13.0. The number of methoxy groups -OCH3 is 1. The number of nitrogens with one attached hydrogen (secondary N) is 2. The number of quaternary nitrogens is 1. The van der Waals surface area contributed by atoms with E-state index >= 15 is 0 Å². The van der Waals surface area contributed by atoms with Gasteiger partial charge in [0.1, 0.15) is 5.82 Å². The summed E-state index contributed by atoms with van der Waals surface area (Å²) in [6.45, 7) is 1.78. The fourth-order valence-electron chi connectivity index (χ4n) is 2.56. The van der Waals surface area contributed by atoms with E-state index in [1.54, 1.807) is 36.5 Å². The SMILES string of the molecule is COCCN(Cc1cccs1)C(=O)C[NH+](C)CC(=O)Nc1cccc(F)c1. The van der Waals surface area contributed by atoms with Crippen molar-refractivity contribution in [2.45, 2.75) is 6.54 Å². The van der Waals surface area contributed by atoms with Crippen molar-refractivity contribution in [3.05, 3.63) is 52.5 Å². The van der Waals surface area contributed by atoms with Crippen LogP contribution in [-0.2, 0) is 20.9 Å². The van der Waals surface area contributed by atoms with Crippen LogP contribution in [0.15, 0.2) is 41.8 Å². The smallest absolute Gasteiger partial charge is 0.279 e. The van der Waals surface area contributed by atoms with Crippen molar-refractivity contribution in [3.8, 4) is 0 Å². The van der Waals surface area contributed by atoms with Crippen LogP contribution >= 0.6 is 11.3 Å². The van der Waals surface area contributed by atoms with E-state index in [0.717, 1.165) is 9.78 Å². The molecular weight excluding hydrogens is 369 g/mol. The molecule has 0 aliphatic heterocycles. The molecule has 0 bridgehead atoms. The number of hydrogen-bond donors (Lipinski definition) is 2. The van der Waals surface area contributed by atoms with Gasteiger partial charge in [0.2, 0.25) is 0 Å². The number of hydrogen-bond acceptors (Lipinski definition) is 4. The van der Waals surface area contributed by atoms with Crippen LogP contribution in [0.5, 0.6) is 0 Å². The zero-order valence-corrected chi connectivity index (χ0v) is 16.4. The summed E-state index contributed by atoms with van der Waals surface area (Å²) in [5.41, 5.74) is 0.401. The highest BCUT2D eigenvalue weighted by Gasteiger charge is 2.20. The highest BCUT2D eigenvalue weighted by Crippen LogP contribution is 2.12. The van der Waals surface area contributed by atoms with Crippen LogP contribution in [0.3, 0.4) is 0 Å². The Kier molecular flexibility index (Phi) is 8.38. The maximum Gasteiger partial charge on any atom is 0.279 e. The quantitative estimate of drug-likeness (QED) is 0.632. The van der Waals surface area contributed by atoms with Crippen molar-refractivity contribution in [1.29, 1.82) is 0 Å². The molecule has 1 unspecified atom stereocenters. The van der Waals surface area contributed by atoms with Gasteiger partial charge in [-0.05, 0) is 29.6 Å². The minimum Gasteiger partial charge on any atom is -0.383 e. The summed E-state index contributed by atoms with van der Waals surface area (Å²) in [4.78, 5) is 28.3. The molecule has 2 aromatic rings. The van der Waals surface area contributed by atoms with Crippen molar-refractivity contribution >= 4 is 28.8 Å². The third kappa shape index (κ3) is 7.46. The number of anilines is 1. The Morgan fingerprint density at radius 1 is 1.26 bits per heavy atom. The van der Waals surface area contributed by atoms with Crippen LogP contribution in [0.4, 0.5) is 10.1 Å². The normalized spacial score (nSPS) is 11.8. The average Bonchev–Trinajstić information content (AvgIpc) is 3.11. The Bertz CT molecular complexity index is 740. The van der Waals surface area contributed by atoms with Crippen LogP contribution in [0.1, 0.15) is 4.88 Å². The summed E-state index contributed by atoms with van der Waals surface area (Å²) in [5, 5.41) is 4.62. The minimum absolute atomic E-state index is 0.0449. The monoisotopic (exact) mass is 394 g/mol. The largest absolute Gasteiger partial charge is 0.383 e. The highest BCUT2D eigenvalue weighted by atomic mass is 32.1. The lowest BCUT2D eigenvalue weighted by atomic mass is 10.3. The standard InChI is InChI=1S/C19H24FN3O3S/c1-22(13-18(24)21-16-6-3-5-15(20)11-16)14-19(25)23(8-9-26-2)12-17-7-4-10-27-17/h3-7,10-11H,8-9,12-14H2,1-2H3,(H,21,24)/p+1. The first kappa shape index (κ1) is 21.0. The second kappa shape index (κ2) is 10.8. The summed E-state index contributed by atoms with van der Waals surface area (Å²) in [5.74, 6) is -0.727. The van der Waals surface area contributed by atoms with E-state index in [1.807, 2.05) is 17.5 Å². The molecule has 1 aromatic heterocycles. The number of carbonyl (C=O) groups is 2. The van der Waals surface area contributed by atoms with Gasteiger partial charge in [0, 0.05) is 24.2 Å². The van der Waals surface area contributed by atoms with Gasteiger partial charge >= 0.3 is 0 Å². The van der Waals surface area contributed by atoms with E-state index in [0.29, 0.717) is 25.4 Å². The summed E-state index contributed by atoms with van der Waals surface area (Å²) in [6, 6.07) is 9.66. The fourth-order valence-corrected chi connectivity index (χ4v) is 3.28. The molecule has 1 heterocycles. The lowest BCUT2D eigenvalue weighted by Gasteiger charge is -2.23. The van der Waals surface area contributed by atoms with Crippen LogP contribution in [0, 0.1) is 5.82 Å². The number of rotatable bonds is 10. The molecule has 0 fully saturated rings. The second-order valence-electron chi connectivity index (χ2n) is 6.26. The summed E-state index contributed by atoms with van der Waals surface area (Å²) in [7, 11) is 3.38. The Labute approximate surface area is 162 Å². The van der Waals surface area contributed by atoms with E-state index in [-0.39, 0.29) is 24.9 Å². The van der Waals surface area contributed by atoms with Gasteiger partial charge in [-0.25, -0.2) is 4.39 Å². The van der Waals surface area contributed by atoms with E-state index in [4.69, 9.17) is 4.74 Å². The summed E-state index contributed by atoms with van der Waals surface area (Å²) < 4.78 is 18.3. The molecule has 0 saturated carbocycles. The minimum atomic E-state index is -0.411. The van der Waals surface area contributed by atoms with Crippen LogP contribution < -0.4 is 10.2 Å². The molecule has 1 aromatic carbocycles. The van der Waals surface area contributed by atoms with Gasteiger partial charge in [-0.1, -0.05) is 12.1 Å². The molecule has 2 N–H and O–H groups in total. The third-order valence-corrected chi connectivity index (χ3v) is 4.73. The molecule has 0 aliphatic carbocycles. The lowest BCUT2D eigenvalue weighted by molar-refractivity contribution is -0.862. The van der Waals surface area contributed by atoms with E-state index in [1.165, 1.54) is 18.2 Å². The van der Waals surface area contributed by atoms with Gasteiger partial charge in [-0.15, -0.1) is 11.3 Å². The fraction of sp³-hybridized carbons (Fsp3) is 0.368. The average molecular weight is 394 g/mol. The van der Waals surface area contributed by atoms with Gasteiger partial charge < -0.3 is 19.9 Å². The predicted octanol–water partition coefficient (Wildman–Crippen LogP) is 1.02. The Hall–Kier alpha value is -2.29. The number of nitrogens with zero attached hydrogens (tertiary/aromatic N) is 1. The van der Waals surface area contributed by atoms with Gasteiger partial charge in [0.25, 0.3) is 11.8 Å². The molecule has 146 valence electrons. The molecular formula is C19H25FN3O3S+. The summed E-state index contributed by atoms with van der Waals surface area (Å²) >= 11 is 1.60. The molecule has 0 saturated heterocycles. The van der Waals surface area contributed by atoms with E-state index in [2.05, 4.69) is 5.32 Å². The predicted molar refractivity (Wildman–Crippen MR) is 103 cm³/mol. The number of benzene rings is 1. The Morgan fingerprint density at radius 2 is 2.07 bits per heavy atom. The Balaban J connectivity index is 1.86. The number of thiophene rings is 1. The molecule has 0 radical (unpaired) electrons. The molecule has 0 spiro atoms. The van der Waals surface area contributed by atoms with Crippen molar-refractivity contribution in [2.24, 2.45) is 0 Å². The summed E-state index contributed by atoms with van der Waals surface area (Å²) in [6.07, 6.45) is 0. The van der Waals surface area contributed by atoms with Crippen LogP contribution in [-0.4, -0.2) is 57.1 Å². The zero-order chi connectivity index (χ0) is 19.6. The first-order valence-corrected chi connectivity index (χ1v) is 9.51. The van der Waals surface area contributed by atoms with Crippen LogP contribution in [0.2, 0.25) is 0 Å². The van der Waals surface area contributed by atoms with E-state index in [9.17, 15) is 14.0 Å². The molecule has 2 amide bonds. The van der Waals surface area contributed by atoms with Crippen LogP contribution in [0.25, 0.3) is 0 Å². The number of halogens is 1. The van der Waals surface area contributed by atoms with Gasteiger partial charge in [0.15, 0.2) is 13.1 Å². The van der Waals surface area contributed by atoms with Crippen molar-refractivity contribution in [2.75, 3.05) is 45.7 Å². The molecule has 6 nitrogen and oxygen atoms in total. The number of carbonyl (C=O) groups excluding carboxylic acids is 2. The Morgan fingerprint density at radius 3 is 2.74 bits per heavy atom. The maximum atomic E-state index is 13.2. The zero-order valence-electron chi connectivity index (χ0n) is 15.5. The second-order valence-corrected chi connectivity index (χ2v) is 7.29. The van der Waals surface area contributed by atoms with Gasteiger partial charge in [-0.3, -0.25) is 9.59 Å². The van der Waals surface area contributed by atoms with Gasteiger partial charge in [0.05, 0.1) is 20.2 Å². The molecule has 1 atom stereocenters. The lowest BCUT2D eigenvalue weighted by Crippen LogP contribution is -3.11. The number of ether oxygens (including phenoxy) is 1.